The highest BCUT2D eigenvalue weighted by Gasteiger charge is 2.15. The second-order valence-electron chi connectivity index (χ2n) is 4.27. The van der Waals surface area contributed by atoms with Gasteiger partial charge in [0, 0.05) is 16.5 Å². The van der Waals surface area contributed by atoms with Crippen molar-refractivity contribution in [2.75, 3.05) is 0 Å². The second kappa shape index (κ2) is 3.09. The standard InChI is InChI=1S/C13H14N/c1-13(2,3)12-9-8-10-6-4-5-7-11(10)14-12/h4-9H,1H2,2-3H3. The maximum Gasteiger partial charge on any atom is 0.0705 e. The summed E-state index contributed by atoms with van der Waals surface area (Å²) >= 11 is 0. The van der Waals surface area contributed by atoms with Gasteiger partial charge in [-0.25, -0.2) is 0 Å². The number of pyridine rings is 1. The highest BCUT2D eigenvalue weighted by Crippen LogP contribution is 2.22. The van der Waals surface area contributed by atoms with Crippen LogP contribution in [0, 0.1) is 6.92 Å². The Labute approximate surface area is 84.8 Å². The lowest BCUT2D eigenvalue weighted by Crippen LogP contribution is -2.13. The van der Waals surface area contributed by atoms with E-state index in [2.05, 4.69) is 44.0 Å². The number of hydrogen-bond donors (Lipinski definition) is 0. The third-order valence-corrected chi connectivity index (χ3v) is 2.29. The Balaban J connectivity index is 2.63. The van der Waals surface area contributed by atoms with Gasteiger partial charge in [0.15, 0.2) is 0 Å². The Morgan fingerprint density at radius 1 is 1.07 bits per heavy atom. The molecule has 0 aliphatic rings. The molecule has 0 spiro atoms. The van der Waals surface area contributed by atoms with Gasteiger partial charge < -0.3 is 0 Å². The van der Waals surface area contributed by atoms with Crippen LogP contribution in [0.3, 0.4) is 0 Å². The zero-order valence-corrected chi connectivity index (χ0v) is 8.62. The quantitative estimate of drug-likeness (QED) is 0.662. The molecular formula is C13H14N. The molecule has 0 amide bonds. The predicted molar refractivity (Wildman–Crippen MR) is 60.1 cm³/mol. The molecule has 1 aromatic carbocycles. The van der Waals surface area contributed by atoms with Gasteiger partial charge in [0.1, 0.15) is 0 Å². The van der Waals surface area contributed by atoms with Crippen LogP contribution in [0.15, 0.2) is 36.4 Å². The fourth-order valence-corrected chi connectivity index (χ4v) is 1.44. The molecule has 0 atom stereocenters. The van der Waals surface area contributed by atoms with E-state index in [1.165, 1.54) is 5.39 Å². The lowest BCUT2D eigenvalue weighted by atomic mass is 9.91. The van der Waals surface area contributed by atoms with Gasteiger partial charge in [-0.2, -0.15) is 0 Å². The first-order valence-corrected chi connectivity index (χ1v) is 4.79. The van der Waals surface area contributed by atoms with E-state index in [4.69, 9.17) is 0 Å². The van der Waals surface area contributed by atoms with Gasteiger partial charge >= 0.3 is 0 Å². The maximum absolute atomic E-state index is 4.58. The largest absolute Gasteiger partial charge is 0.252 e. The molecule has 1 radical (unpaired) electrons. The molecule has 0 saturated carbocycles. The second-order valence-corrected chi connectivity index (χ2v) is 4.27. The molecule has 0 fully saturated rings. The zero-order chi connectivity index (χ0) is 10.2. The Morgan fingerprint density at radius 3 is 2.50 bits per heavy atom. The molecule has 0 aliphatic heterocycles. The van der Waals surface area contributed by atoms with E-state index in [1.807, 2.05) is 18.2 Å². The van der Waals surface area contributed by atoms with E-state index in [0.29, 0.717) is 0 Å². The minimum absolute atomic E-state index is 0.121. The number of aromatic nitrogens is 1. The Bertz CT molecular complexity index is 452. The molecule has 0 N–H and O–H groups in total. The predicted octanol–water partition coefficient (Wildman–Crippen LogP) is 3.35. The summed E-state index contributed by atoms with van der Waals surface area (Å²) in [4.78, 5) is 4.58. The molecule has 0 aliphatic carbocycles. The van der Waals surface area contributed by atoms with E-state index < -0.39 is 0 Å². The first-order chi connectivity index (χ1) is 6.57. The number of para-hydroxylation sites is 1. The summed E-state index contributed by atoms with van der Waals surface area (Å²) in [6, 6.07) is 12.3. The van der Waals surface area contributed by atoms with Gasteiger partial charge in [-0.15, -0.1) is 0 Å². The van der Waals surface area contributed by atoms with Crippen molar-refractivity contribution in [1.82, 2.24) is 4.98 Å². The Morgan fingerprint density at radius 2 is 1.79 bits per heavy atom. The lowest BCUT2D eigenvalue weighted by molar-refractivity contribution is 0.642. The van der Waals surface area contributed by atoms with Crippen LogP contribution in [0.5, 0.6) is 0 Å². The van der Waals surface area contributed by atoms with Crippen molar-refractivity contribution >= 4 is 10.9 Å². The molecule has 14 heavy (non-hydrogen) atoms. The van der Waals surface area contributed by atoms with E-state index in [1.54, 1.807) is 0 Å². The van der Waals surface area contributed by atoms with E-state index in [9.17, 15) is 0 Å². The van der Waals surface area contributed by atoms with Gasteiger partial charge in [0.2, 0.25) is 0 Å². The fraction of sp³-hybridized carbons (Fsp3) is 0.231. The summed E-state index contributed by atoms with van der Waals surface area (Å²) in [7, 11) is 0. The first kappa shape index (κ1) is 9.20. The third-order valence-electron chi connectivity index (χ3n) is 2.29. The van der Waals surface area contributed by atoms with Gasteiger partial charge in [-0.1, -0.05) is 38.1 Å². The number of benzene rings is 1. The smallest absolute Gasteiger partial charge is 0.0705 e. The summed E-state index contributed by atoms with van der Waals surface area (Å²) in [6.45, 7) is 8.23. The van der Waals surface area contributed by atoms with Crippen LogP contribution in [0.4, 0.5) is 0 Å². The van der Waals surface area contributed by atoms with E-state index in [-0.39, 0.29) is 5.41 Å². The number of hydrogen-bond acceptors (Lipinski definition) is 1. The molecule has 1 heteroatoms. The minimum atomic E-state index is -0.121. The van der Waals surface area contributed by atoms with Crippen molar-refractivity contribution in [3.05, 3.63) is 49.0 Å². The molecule has 71 valence electrons. The van der Waals surface area contributed by atoms with Crippen LogP contribution in [-0.2, 0) is 5.41 Å². The molecule has 0 unspecified atom stereocenters. The van der Waals surface area contributed by atoms with Crippen molar-refractivity contribution < 1.29 is 0 Å². The lowest BCUT2D eigenvalue weighted by Gasteiger charge is -2.17. The molecule has 1 heterocycles. The van der Waals surface area contributed by atoms with Crippen molar-refractivity contribution in [3.63, 3.8) is 0 Å². The summed E-state index contributed by atoms with van der Waals surface area (Å²) < 4.78 is 0. The van der Waals surface area contributed by atoms with Crippen molar-refractivity contribution in [1.29, 1.82) is 0 Å². The third kappa shape index (κ3) is 1.63. The average molecular weight is 184 g/mol. The summed E-state index contributed by atoms with van der Waals surface area (Å²) in [5.41, 5.74) is 1.96. The molecule has 0 bridgehead atoms. The van der Waals surface area contributed by atoms with Crippen LogP contribution >= 0.6 is 0 Å². The molecule has 2 rings (SSSR count). The van der Waals surface area contributed by atoms with Crippen molar-refractivity contribution in [2.24, 2.45) is 0 Å². The average Bonchev–Trinajstić information content (AvgIpc) is 2.16. The van der Waals surface area contributed by atoms with Crippen LogP contribution < -0.4 is 0 Å². The summed E-state index contributed by atoms with van der Waals surface area (Å²) in [5, 5.41) is 1.18. The van der Waals surface area contributed by atoms with E-state index in [0.717, 1.165) is 11.2 Å². The normalized spacial score (nSPS) is 11.9. The van der Waals surface area contributed by atoms with Gasteiger partial charge in [-0.3, -0.25) is 4.98 Å². The first-order valence-electron chi connectivity index (χ1n) is 4.79. The number of fused-ring (bicyclic) bond motifs is 1. The maximum atomic E-state index is 4.58. The molecule has 1 nitrogen and oxygen atoms in total. The molecular weight excluding hydrogens is 170 g/mol. The monoisotopic (exact) mass is 184 g/mol. The van der Waals surface area contributed by atoms with Gasteiger partial charge in [0.25, 0.3) is 0 Å². The molecule has 2 aromatic rings. The zero-order valence-electron chi connectivity index (χ0n) is 8.62. The van der Waals surface area contributed by atoms with Gasteiger partial charge in [0.05, 0.1) is 5.52 Å². The Hall–Kier alpha value is -1.37. The molecule has 0 saturated heterocycles. The summed E-state index contributed by atoms with van der Waals surface area (Å²) in [5.74, 6) is 0. The minimum Gasteiger partial charge on any atom is -0.252 e. The van der Waals surface area contributed by atoms with Crippen LogP contribution in [0.1, 0.15) is 19.5 Å². The van der Waals surface area contributed by atoms with Crippen molar-refractivity contribution in [3.8, 4) is 0 Å². The molecule has 1 aromatic heterocycles. The topological polar surface area (TPSA) is 12.9 Å². The van der Waals surface area contributed by atoms with Crippen LogP contribution in [0.2, 0.25) is 0 Å². The Kier molecular flexibility index (Phi) is 2.03. The number of rotatable bonds is 1. The highest BCUT2D eigenvalue weighted by molar-refractivity contribution is 5.78. The van der Waals surface area contributed by atoms with E-state index >= 15 is 0 Å². The number of nitrogens with zero attached hydrogens (tertiary/aromatic N) is 1. The summed E-state index contributed by atoms with van der Waals surface area (Å²) in [6.07, 6.45) is 0. The van der Waals surface area contributed by atoms with Crippen LogP contribution in [0.25, 0.3) is 10.9 Å². The van der Waals surface area contributed by atoms with Gasteiger partial charge in [-0.05, 0) is 19.1 Å². The van der Waals surface area contributed by atoms with Crippen LogP contribution in [-0.4, -0.2) is 4.98 Å². The SMILES string of the molecule is [CH2]C(C)(C)c1ccc2ccccc2n1. The fourth-order valence-electron chi connectivity index (χ4n) is 1.44. The van der Waals surface area contributed by atoms with Crippen molar-refractivity contribution in [2.45, 2.75) is 19.3 Å². The highest BCUT2D eigenvalue weighted by atomic mass is 14.7.